The number of benzene rings is 1. The van der Waals surface area contributed by atoms with Gasteiger partial charge in [-0.1, -0.05) is 12.1 Å². The summed E-state index contributed by atoms with van der Waals surface area (Å²) in [4.78, 5) is 18.1. The standard InChI is InChI=1S/C11H7FN2O2/c12-8-4-2-1-3-7(8)9-5-10(11(15)16)14-6-13-9/h1-6H,(H,15,16). The predicted molar refractivity (Wildman–Crippen MR) is 54.4 cm³/mol. The molecule has 0 saturated carbocycles. The molecule has 0 amide bonds. The number of carboxylic acids is 1. The molecule has 1 N–H and O–H groups in total. The molecule has 0 fully saturated rings. The van der Waals surface area contributed by atoms with Crippen molar-refractivity contribution in [2.24, 2.45) is 0 Å². The van der Waals surface area contributed by atoms with E-state index in [9.17, 15) is 9.18 Å². The van der Waals surface area contributed by atoms with Gasteiger partial charge in [0.05, 0.1) is 5.69 Å². The summed E-state index contributed by atoms with van der Waals surface area (Å²) in [7, 11) is 0. The second-order valence-electron chi connectivity index (χ2n) is 3.07. The zero-order valence-corrected chi connectivity index (χ0v) is 8.09. The Morgan fingerprint density at radius 1 is 1.25 bits per heavy atom. The molecule has 16 heavy (non-hydrogen) atoms. The lowest BCUT2D eigenvalue weighted by molar-refractivity contribution is 0.0690. The van der Waals surface area contributed by atoms with E-state index in [4.69, 9.17) is 5.11 Å². The SMILES string of the molecule is O=C(O)c1cc(-c2ccccc2F)ncn1. The molecule has 2 rings (SSSR count). The number of aromatic nitrogens is 2. The van der Waals surface area contributed by atoms with Crippen molar-refractivity contribution >= 4 is 5.97 Å². The number of nitrogens with zero attached hydrogens (tertiary/aromatic N) is 2. The van der Waals surface area contributed by atoms with Crippen molar-refractivity contribution in [1.29, 1.82) is 0 Å². The van der Waals surface area contributed by atoms with Crippen LogP contribution in [0.15, 0.2) is 36.7 Å². The number of aromatic carboxylic acids is 1. The predicted octanol–water partition coefficient (Wildman–Crippen LogP) is 1.98. The van der Waals surface area contributed by atoms with Crippen molar-refractivity contribution in [3.05, 3.63) is 48.2 Å². The highest BCUT2D eigenvalue weighted by Gasteiger charge is 2.09. The molecule has 0 bridgehead atoms. The molecule has 0 aliphatic carbocycles. The molecule has 0 saturated heterocycles. The fourth-order valence-corrected chi connectivity index (χ4v) is 1.29. The molecular weight excluding hydrogens is 211 g/mol. The Morgan fingerprint density at radius 2 is 2.00 bits per heavy atom. The van der Waals surface area contributed by atoms with E-state index in [1.165, 1.54) is 18.2 Å². The first kappa shape index (κ1) is 10.2. The van der Waals surface area contributed by atoms with Crippen LogP contribution in [-0.2, 0) is 0 Å². The largest absolute Gasteiger partial charge is 0.477 e. The highest BCUT2D eigenvalue weighted by Crippen LogP contribution is 2.20. The third-order valence-corrected chi connectivity index (χ3v) is 2.04. The van der Waals surface area contributed by atoms with Crippen LogP contribution >= 0.6 is 0 Å². The van der Waals surface area contributed by atoms with Crippen LogP contribution < -0.4 is 0 Å². The molecule has 0 aliphatic rings. The summed E-state index contributed by atoms with van der Waals surface area (Å²) in [5, 5.41) is 8.74. The van der Waals surface area contributed by atoms with Crippen molar-refractivity contribution in [2.45, 2.75) is 0 Å². The van der Waals surface area contributed by atoms with Gasteiger partial charge in [0.2, 0.25) is 0 Å². The first-order valence-corrected chi connectivity index (χ1v) is 4.49. The van der Waals surface area contributed by atoms with Gasteiger partial charge in [-0.25, -0.2) is 19.2 Å². The van der Waals surface area contributed by atoms with Crippen molar-refractivity contribution in [3.8, 4) is 11.3 Å². The van der Waals surface area contributed by atoms with Crippen LogP contribution in [0.4, 0.5) is 4.39 Å². The van der Waals surface area contributed by atoms with Crippen LogP contribution in [-0.4, -0.2) is 21.0 Å². The first-order chi connectivity index (χ1) is 7.68. The topological polar surface area (TPSA) is 63.1 Å². The Balaban J connectivity index is 2.53. The Morgan fingerprint density at radius 3 is 2.69 bits per heavy atom. The maximum Gasteiger partial charge on any atom is 0.354 e. The molecule has 2 aromatic rings. The minimum absolute atomic E-state index is 0.159. The minimum Gasteiger partial charge on any atom is -0.477 e. The van der Waals surface area contributed by atoms with Crippen LogP contribution in [0.3, 0.4) is 0 Å². The summed E-state index contributed by atoms with van der Waals surface area (Å²) in [6.45, 7) is 0. The third-order valence-electron chi connectivity index (χ3n) is 2.04. The lowest BCUT2D eigenvalue weighted by Gasteiger charge is -2.02. The Kier molecular flexibility index (Phi) is 2.59. The van der Waals surface area contributed by atoms with Gasteiger partial charge in [0.25, 0.3) is 0 Å². The van der Waals surface area contributed by atoms with E-state index in [0.29, 0.717) is 0 Å². The van der Waals surface area contributed by atoms with Gasteiger partial charge in [-0.3, -0.25) is 0 Å². The zero-order valence-electron chi connectivity index (χ0n) is 8.09. The van der Waals surface area contributed by atoms with Gasteiger partial charge < -0.3 is 5.11 Å². The lowest BCUT2D eigenvalue weighted by atomic mass is 10.1. The highest BCUT2D eigenvalue weighted by molar-refractivity contribution is 5.86. The molecule has 5 heteroatoms. The molecule has 1 heterocycles. The van der Waals surface area contributed by atoms with E-state index in [2.05, 4.69) is 9.97 Å². The summed E-state index contributed by atoms with van der Waals surface area (Å²) in [6.07, 6.45) is 1.10. The number of hydrogen-bond acceptors (Lipinski definition) is 3. The molecule has 80 valence electrons. The highest BCUT2D eigenvalue weighted by atomic mass is 19.1. The summed E-state index contributed by atoms with van der Waals surface area (Å²) in [6, 6.07) is 7.26. The molecule has 0 atom stereocenters. The summed E-state index contributed by atoms with van der Waals surface area (Å²) in [5.74, 6) is -1.61. The van der Waals surface area contributed by atoms with Crippen LogP contribution in [0.5, 0.6) is 0 Å². The fourth-order valence-electron chi connectivity index (χ4n) is 1.29. The van der Waals surface area contributed by atoms with Crippen molar-refractivity contribution in [1.82, 2.24) is 9.97 Å². The van der Waals surface area contributed by atoms with Gasteiger partial charge in [0.15, 0.2) is 5.69 Å². The normalized spacial score (nSPS) is 10.1. The Bertz CT molecular complexity index is 543. The van der Waals surface area contributed by atoms with Crippen LogP contribution in [0, 0.1) is 5.82 Å². The van der Waals surface area contributed by atoms with Crippen molar-refractivity contribution in [3.63, 3.8) is 0 Å². The van der Waals surface area contributed by atoms with Gasteiger partial charge in [0, 0.05) is 5.56 Å². The van der Waals surface area contributed by atoms with Crippen LogP contribution in [0.2, 0.25) is 0 Å². The molecule has 0 aliphatic heterocycles. The van der Waals surface area contributed by atoms with Gasteiger partial charge in [-0.15, -0.1) is 0 Å². The van der Waals surface area contributed by atoms with E-state index < -0.39 is 11.8 Å². The van der Waals surface area contributed by atoms with E-state index in [1.54, 1.807) is 12.1 Å². The van der Waals surface area contributed by atoms with Crippen LogP contribution in [0.1, 0.15) is 10.5 Å². The van der Waals surface area contributed by atoms with Gasteiger partial charge in [-0.05, 0) is 18.2 Å². The number of carboxylic acid groups (broad SMARTS) is 1. The minimum atomic E-state index is -1.17. The molecule has 0 unspecified atom stereocenters. The van der Waals surface area contributed by atoms with Gasteiger partial charge in [-0.2, -0.15) is 0 Å². The zero-order chi connectivity index (χ0) is 11.5. The summed E-state index contributed by atoms with van der Waals surface area (Å²) >= 11 is 0. The number of halogens is 1. The number of hydrogen-bond donors (Lipinski definition) is 1. The molecule has 1 aromatic heterocycles. The Labute approximate surface area is 90.4 Å². The number of carbonyl (C=O) groups is 1. The monoisotopic (exact) mass is 218 g/mol. The van der Waals surface area contributed by atoms with E-state index in [1.807, 2.05) is 0 Å². The molecule has 0 radical (unpaired) electrons. The smallest absolute Gasteiger partial charge is 0.354 e. The third kappa shape index (κ3) is 1.88. The molecular formula is C11H7FN2O2. The van der Waals surface area contributed by atoms with Crippen molar-refractivity contribution < 1.29 is 14.3 Å². The Hall–Kier alpha value is -2.30. The maximum absolute atomic E-state index is 13.4. The van der Waals surface area contributed by atoms with Crippen molar-refractivity contribution in [2.75, 3.05) is 0 Å². The van der Waals surface area contributed by atoms with Gasteiger partial charge >= 0.3 is 5.97 Å². The van der Waals surface area contributed by atoms with Gasteiger partial charge in [0.1, 0.15) is 12.1 Å². The molecule has 1 aromatic carbocycles. The fraction of sp³-hybridized carbons (Fsp3) is 0. The quantitative estimate of drug-likeness (QED) is 0.837. The second-order valence-corrected chi connectivity index (χ2v) is 3.07. The second kappa shape index (κ2) is 4.06. The molecule has 0 spiro atoms. The number of rotatable bonds is 2. The van der Waals surface area contributed by atoms with E-state index >= 15 is 0 Å². The molecule has 4 nitrogen and oxygen atoms in total. The van der Waals surface area contributed by atoms with E-state index in [0.717, 1.165) is 6.33 Å². The first-order valence-electron chi connectivity index (χ1n) is 4.49. The lowest BCUT2D eigenvalue weighted by Crippen LogP contribution is -2.01. The van der Waals surface area contributed by atoms with Crippen LogP contribution in [0.25, 0.3) is 11.3 Å². The summed E-state index contributed by atoms with van der Waals surface area (Å²) < 4.78 is 13.4. The average molecular weight is 218 g/mol. The van der Waals surface area contributed by atoms with E-state index in [-0.39, 0.29) is 17.0 Å². The maximum atomic E-state index is 13.4. The summed E-state index contributed by atoms with van der Waals surface area (Å²) in [5.41, 5.74) is 0.353. The average Bonchev–Trinajstić information content (AvgIpc) is 2.30.